The smallest absolute Gasteiger partial charge is 0.0588 e. The lowest BCUT2D eigenvalue weighted by Crippen LogP contribution is -2.16. The summed E-state index contributed by atoms with van der Waals surface area (Å²) in [6.45, 7) is 9.43. The van der Waals surface area contributed by atoms with E-state index in [1.807, 2.05) is 0 Å². The average Bonchev–Trinajstić information content (AvgIpc) is 3.88. The van der Waals surface area contributed by atoms with Crippen LogP contribution in [0.4, 0.5) is 17.1 Å². The van der Waals surface area contributed by atoms with E-state index in [-0.39, 0.29) is 10.8 Å². The third-order valence-corrected chi connectivity index (χ3v) is 14.0. The Hall–Kier alpha value is -7.86. The van der Waals surface area contributed by atoms with Gasteiger partial charge < -0.3 is 9.47 Å². The number of aromatic nitrogens is 1. The van der Waals surface area contributed by atoms with Crippen molar-refractivity contribution >= 4 is 38.9 Å². The highest BCUT2D eigenvalue weighted by Gasteiger charge is 2.39. The number of fused-ring (bicyclic) bond motifs is 10. The van der Waals surface area contributed by atoms with Gasteiger partial charge in [-0.25, -0.2) is 0 Å². The van der Waals surface area contributed by atoms with Crippen LogP contribution in [0.25, 0.3) is 60.9 Å². The molecule has 64 heavy (non-hydrogen) atoms. The normalized spacial score (nSPS) is 13.8. The van der Waals surface area contributed by atoms with E-state index in [2.05, 4.69) is 255 Å². The summed E-state index contributed by atoms with van der Waals surface area (Å²) in [6, 6.07) is 75.1. The van der Waals surface area contributed by atoms with Crippen molar-refractivity contribution in [3.8, 4) is 50.9 Å². The van der Waals surface area contributed by atoms with Crippen molar-refractivity contribution in [2.24, 2.45) is 0 Å². The van der Waals surface area contributed by atoms with Gasteiger partial charge in [-0.2, -0.15) is 0 Å². The zero-order valence-corrected chi connectivity index (χ0v) is 36.5. The number of para-hydroxylation sites is 3. The van der Waals surface area contributed by atoms with Crippen LogP contribution in [0.5, 0.6) is 0 Å². The molecule has 0 spiro atoms. The Labute approximate surface area is 375 Å². The molecule has 2 nitrogen and oxygen atoms in total. The third kappa shape index (κ3) is 5.82. The molecule has 10 aromatic rings. The van der Waals surface area contributed by atoms with Gasteiger partial charge in [0.2, 0.25) is 0 Å². The van der Waals surface area contributed by atoms with Crippen molar-refractivity contribution in [1.82, 2.24) is 4.57 Å². The van der Waals surface area contributed by atoms with Crippen molar-refractivity contribution < 1.29 is 0 Å². The van der Waals surface area contributed by atoms with E-state index in [0.29, 0.717) is 0 Å². The molecule has 9 aromatic carbocycles. The van der Waals surface area contributed by atoms with Crippen molar-refractivity contribution in [1.29, 1.82) is 0 Å². The van der Waals surface area contributed by atoms with Crippen molar-refractivity contribution in [3.05, 3.63) is 240 Å². The van der Waals surface area contributed by atoms with Crippen LogP contribution in [-0.4, -0.2) is 4.57 Å². The van der Waals surface area contributed by atoms with E-state index >= 15 is 0 Å². The van der Waals surface area contributed by atoms with Gasteiger partial charge in [0.25, 0.3) is 0 Å². The molecule has 0 unspecified atom stereocenters. The molecule has 0 aliphatic heterocycles. The SMILES string of the molecule is CC1(C)c2ccccc2-c2ccc(-c3ccc(N(c4ccccc4)c4ccc(C#Cc5ccc6c(c5)C(C)(C)c5c-6ccc6c7ccccc7n(-c7ccccc7)c56)cc4)cc3)cc21. The summed E-state index contributed by atoms with van der Waals surface area (Å²) in [4.78, 5) is 2.32. The fourth-order valence-electron chi connectivity index (χ4n) is 10.8. The van der Waals surface area contributed by atoms with Gasteiger partial charge in [0, 0.05) is 55.5 Å². The Bertz CT molecular complexity index is 3520. The first-order valence-electron chi connectivity index (χ1n) is 22.3. The summed E-state index contributed by atoms with van der Waals surface area (Å²) in [5.41, 5.74) is 21.9. The van der Waals surface area contributed by atoms with Gasteiger partial charge >= 0.3 is 0 Å². The van der Waals surface area contributed by atoms with Crippen LogP contribution in [0.1, 0.15) is 61.1 Å². The molecule has 0 saturated carbocycles. The molecule has 0 saturated heterocycles. The van der Waals surface area contributed by atoms with E-state index in [0.717, 1.165) is 28.2 Å². The monoisotopic (exact) mass is 818 g/mol. The zero-order valence-electron chi connectivity index (χ0n) is 36.5. The van der Waals surface area contributed by atoms with Crippen LogP contribution < -0.4 is 4.90 Å². The zero-order chi connectivity index (χ0) is 43.2. The van der Waals surface area contributed by atoms with E-state index in [4.69, 9.17) is 0 Å². The lowest BCUT2D eigenvalue weighted by Gasteiger charge is -2.26. The van der Waals surface area contributed by atoms with E-state index in [1.165, 1.54) is 83.1 Å². The highest BCUT2D eigenvalue weighted by atomic mass is 15.1. The number of nitrogens with zero attached hydrogens (tertiary/aromatic N) is 2. The van der Waals surface area contributed by atoms with Crippen LogP contribution in [0.2, 0.25) is 0 Å². The maximum Gasteiger partial charge on any atom is 0.0588 e. The first-order chi connectivity index (χ1) is 31.3. The Morgan fingerprint density at radius 3 is 1.72 bits per heavy atom. The van der Waals surface area contributed by atoms with Crippen LogP contribution in [0.3, 0.4) is 0 Å². The standard InChI is InChI=1S/C62H46N2/c1-61(2)55-21-13-11-19-49(55)50-36-30-44(40-57(50)61)43-28-33-48(34-29-43)63(45-15-7-5-8-16-45)47-31-25-41(26-32-47)23-24-42-27-35-51-53-37-38-54-52-20-12-14-22-58(52)64(46-17-9-6-10-18-46)60(54)59(53)62(3,4)56(51)39-42/h5-22,25-40H,1-4H3. The van der Waals surface area contributed by atoms with E-state index < -0.39 is 0 Å². The minimum absolute atomic E-state index is 0.0343. The second-order valence-corrected chi connectivity index (χ2v) is 18.4. The average molecular weight is 819 g/mol. The van der Waals surface area contributed by atoms with E-state index in [1.54, 1.807) is 0 Å². The van der Waals surface area contributed by atoms with Gasteiger partial charge in [0.1, 0.15) is 0 Å². The predicted molar refractivity (Wildman–Crippen MR) is 268 cm³/mol. The molecule has 2 aliphatic rings. The summed E-state index contributed by atoms with van der Waals surface area (Å²) in [6.07, 6.45) is 0. The fraction of sp³-hybridized carbons (Fsp3) is 0.0968. The molecule has 12 rings (SSSR count). The minimum atomic E-state index is -0.228. The molecule has 1 heterocycles. The van der Waals surface area contributed by atoms with Crippen LogP contribution >= 0.6 is 0 Å². The van der Waals surface area contributed by atoms with Gasteiger partial charge in [-0.3, -0.25) is 0 Å². The summed E-state index contributed by atoms with van der Waals surface area (Å²) >= 11 is 0. The lowest BCUT2D eigenvalue weighted by atomic mass is 9.81. The Kier molecular flexibility index (Phi) is 8.49. The highest BCUT2D eigenvalue weighted by Crippen LogP contribution is 2.53. The second-order valence-electron chi connectivity index (χ2n) is 18.4. The van der Waals surface area contributed by atoms with Crippen molar-refractivity contribution in [2.75, 3.05) is 4.90 Å². The molecule has 304 valence electrons. The lowest BCUT2D eigenvalue weighted by molar-refractivity contribution is 0.660. The third-order valence-electron chi connectivity index (χ3n) is 14.0. The van der Waals surface area contributed by atoms with Crippen LogP contribution in [0.15, 0.2) is 206 Å². The molecule has 2 aliphatic carbocycles. The summed E-state index contributed by atoms with van der Waals surface area (Å²) in [5.74, 6) is 7.05. The molecule has 1 aromatic heterocycles. The quantitative estimate of drug-likeness (QED) is 0.157. The second kappa shape index (κ2) is 14.3. The first-order valence-corrected chi connectivity index (χ1v) is 22.3. The maximum atomic E-state index is 3.54. The molecule has 0 radical (unpaired) electrons. The largest absolute Gasteiger partial charge is 0.311 e. The van der Waals surface area contributed by atoms with Crippen LogP contribution in [-0.2, 0) is 10.8 Å². The fourth-order valence-corrected chi connectivity index (χ4v) is 10.8. The summed E-state index contributed by atoms with van der Waals surface area (Å²) < 4.78 is 2.46. The van der Waals surface area contributed by atoms with Crippen molar-refractivity contribution in [2.45, 2.75) is 38.5 Å². The predicted octanol–water partition coefficient (Wildman–Crippen LogP) is 15.9. The molecule has 0 amide bonds. The number of rotatable bonds is 5. The van der Waals surface area contributed by atoms with Crippen molar-refractivity contribution in [3.63, 3.8) is 0 Å². The van der Waals surface area contributed by atoms with Gasteiger partial charge in [0.15, 0.2) is 0 Å². The van der Waals surface area contributed by atoms with Crippen LogP contribution in [0, 0.1) is 11.8 Å². The van der Waals surface area contributed by atoms with Gasteiger partial charge in [-0.05, 0) is 141 Å². The summed E-state index contributed by atoms with van der Waals surface area (Å²) in [5, 5.41) is 2.57. The van der Waals surface area contributed by atoms with Gasteiger partial charge in [-0.15, -0.1) is 0 Å². The highest BCUT2D eigenvalue weighted by molar-refractivity contribution is 6.13. The molecule has 2 heteroatoms. The number of hydrogen-bond acceptors (Lipinski definition) is 1. The molecule has 0 bridgehead atoms. The summed E-state index contributed by atoms with van der Waals surface area (Å²) in [7, 11) is 0. The Balaban J connectivity index is 0.847. The number of benzene rings is 9. The van der Waals surface area contributed by atoms with Gasteiger partial charge in [-0.1, -0.05) is 161 Å². The molecule has 0 fully saturated rings. The maximum absolute atomic E-state index is 3.54. The van der Waals surface area contributed by atoms with E-state index in [9.17, 15) is 0 Å². The topological polar surface area (TPSA) is 8.17 Å². The molecular formula is C62H46N2. The molecule has 0 N–H and O–H groups in total. The molecular weight excluding hydrogens is 773 g/mol. The van der Waals surface area contributed by atoms with Gasteiger partial charge in [0.05, 0.1) is 11.0 Å². The minimum Gasteiger partial charge on any atom is -0.311 e. The Morgan fingerprint density at radius 2 is 0.938 bits per heavy atom. The number of hydrogen-bond donors (Lipinski definition) is 0. The number of anilines is 3. The Morgan fingerprint density at radius 1 is 0.391 bits per heavy atom. The molecule has 0 atom stereocenters. The first kappa shape index (κ1) is 37.9.